The largest absolute Gasteiger partial charge is 0.483 e. The number of carbonyl (C=O) groups excluding carboxylic acids is 1. The van der Waals surface area contributed by atoms with Gasteiger partial charge in [-0.3, -0.25) is 4.79 Å². The van der Waals surface area contributed by atoms with Crippen LogP contribution in [-0.4, -0.2) is 44.8 Å². The third kappa shape index (κ3) is 5.64. The Morgan fingerprint density at radius 3 is 2.21 bits per heavy atom. The van der Waals surface area contributed by atoms with Crippen LogP contribution in [0.3, 0.4) is 0 Å². The summed E-state index contributed by atoms with van der Waals surface area (Å²) in [5.74, 6) is -5.35. The third-order valence-electron chi connectivity index (χ3n) is 1.68. The number of halogens is 3. The minimum atomic E-state index is -4.51. The number of rotatable bonds is 4. The fraction of sp³-hybridized carbons (Fsp3) is 0.400. The van der Waals surface area contributed by atoms with Gasteiger partial charge in [-0.25, -0.2) is 4.98 Å². The van der Waals surface area contributed by atoms with Crippen molar-refractivity contribution in [3.63, 3.8) is 0 Å². The second kappa shape index (κ2) is 5.95. The second-order valence-electron chi connectivity index (χ2n) is 3.25. The molecule has 1 heterocycles. The van der Waals surface area contributed by atoms with Crippen molar-refractivity contribution in [2.45, 2.75) is 19.6 Å². The van der Waals surface area contributed by atoms with E-state index in [1.54, 1.807) is 0 Å². The molecule has 19 heavy (non-hydrogen) atoms. The van der Waals surface area contributed by atoms with Crippen LogP contribution in [0.15, 0.2) is 18.3 Å². The van der Waals surface area contributed by atoms with Crippen LogP contribution in [0.2, 0.25) is 0 Å². The van der Waals surface area contributed by atoms with Crippen LogP contribution >= 0.6 is 0 Å². The topological polar surface area (TPSA) is 99.9 Å². The van der Waals surface area contributed by atoms with Gasteiger partial charge in [0.05, 0.1) is 6.20 Å². The molecule has 0 atom stereocenters. The van der Waals surface area contributed by atoms with Gasteiger partial charge >= 0.3 is 12.1 Å². The number of carbonyl (C=O) groups is 1. The summed E-state index contributed by atoms with van der Waals surface area (Å²) in [6.07, 6.45) is -3.73. The first kappa shape index (κ1) is 17.3. The maximum atomic E-state index is 11.8. The van der Waals surface area contributed by atoms with Crippen molar-refractivity contribution in [3.8, 4) is 5.75 Å². The molecule has 1 aromatic rings. The Hall–Kier alpha value is -1.71. The van der Waals surface area contributed by atoms with E-state index in [4.69, 9.17) is 15.3 Å². The zero-order chi connectivity index (χ0) is 14.0. The number of ketones is 1. The smallest absolute Gasteiger partial charge is 0.422 e. The SMILES string of the molecule is C.O=C(c1ccc(OCC(F)(F)F)cn1)C(O)(O)O. The van der Waals surface area contributed by atoms with Gasteiger partial charge in [-0.15, -0.1) is 0 Å². The van der Waals surface area contributed by atoms with E-state index in [-0.39, 0.29) is 13.2 Å². The predicted octanol–water partition coefficient (Wildman–Crippen LogP) is 0.472. The van der Waals surface area contributed by atoms with E-state index in [0.29, 0.717) is 0 Å². The van der Waals surface area contributed by atoms with Crippen LogP contribution in [-0.2, 0) is 0 Å². The third-order valence-corrected chi connectivity index (χ3v) is 1.68. The van der Waals surface area contributed by atoms with E-state index < -0.39 is 30.2 Å². The van der Waals surface area contributed by atoms with E-state index in [2.05, 4.69) is 9.72 Å². The van der Waals surface area contributed by atoms with E-state index in [1.165, 1.54) is 0 Å². The van der Waals surface area contributed by atoms with Crippen molar-refractivity contribution in [3.05, 3.63) is 24.0 Å². The fourth-order valence-electron chi connectivity index (χ4n) is 0.937. The molecule has 1 aromatic heterocycles. The normalized spacial score (nSPS) is 11.7. The minimum absolute atomic E-state index is 0. The van der Waals surface area contributed by atoms with E-state index in [9.17, 15) is 18.0 Å². The van der Waals surface area contributed by atoms with Gasteiger partial charge in [-0.05, 0) is 12.1 Å². The molecule has 0 aliphatic carbocycles. The van der Waals surface area contributed by atoms with Gasteiger partial charge in [-0.1, -0.05) is 7.43 Å². The lowest BCUT2D eigenvalue weighted by Gasteiger charge is -2.12. The average molecular weight is 283 g/mol. The van der Waals surface area contributed by atoms with Crippen molar-refractivity contribution in [2.75, 3.05) is 6.61 Å². The highest BCUT2D eigenvalue weighted by atomic mass is 19.4. The van der Waals surface area contributed by atoms with E-state index >= 15 is 0 Å². The molecular formula is C10H12F3NO5. The summed E-state index contributed by atoms with van der Waals surface area (Å²) >= 11 is 0. The molecule has 3 N–H and O–H groups in total. The molecule has 6 nitrogen and oxygen atoms in total. The fourth-order valence-corrected chi connectivity index (χ4v) is 0.937. The van der Waals surface area contributed by atoms with Crippen LogP contribution in [0.25, 0.3) is 0 Å². The van der Waals surface area contributed by atoms with Crippen molar-refractivity contribution in [1.82, 2.24) is 4.98 Å². The van der Waals surface area contributed by atoms with Gasteiger partial charge in [0.25, 0.3) is 5.78 Å². The van der Waals surface area contributed by atoms with Gasteiger partial charge < -0.3 is 20.1 Å². The molecule has 0 aliphatic heterocycles. The van der Waals surface area contributed by atoms with Crippen LogP contribution in [0.4, 0.5) is 13.2 Å². The number of hydrogen-bond donors (Lipinski definition) is 3. The van der Waals surface area contributed by atoms with Crippen LogP contribution < -0.4 is 4.74 Å². The van der Waals surface area contributed by atoms with Gasteiger partial charge in [0.2, 0.25) is 0 Å². The summed E-state index contributed by atoms with van der Waals surface area (Å²) in [4.78, 5) is 14.4. The summed E-state index contributed by atoms with van der Waals surface area (Å²) in [6, 6.07) is 1.85. The van der Waals surface area contributed by atoms with Crippen LogP contribution in [0.5, 0.6) is 5.75 Å². The molecule has 1 rings (SSSR count). The first-order chi connectivity index (χ1) is 8.09. The maximum Gasteiger partial charge on any atom is 0.422 e. The monoisotopic (exact) mass is 283 g/mol. The molecule has 9 heteroatoms. The molecule has 0 aliphatic rings. The zero-order valence-corrected chi connectivity index (χ0v) is 8.68. The maximum absolute atomic E-state index is 11.8. The van der Waals surface area contributed by atoms with Crippen molar-refractivity contribution in [1.29, 1.82) is 0 Å². The Kier molecular flexibility index (Phi) is 5.42. The highest BCUT2D eigenvalue weighted by molar-refractivity contribution is 5.98. The highest BCUT2D eigenvalue weighted by Gasteiger charge is 2.32. The lowest BCUT2D eigenvalue weighted by molar-refractivity contribution is -0.267. The number of aliphatic hydroxyl groups is 3. The summed E-state index contributed by atoms with van der Waals surface area (Å²) in [6.45, 7) is -1.52. The van der Waals surface area contributed by atoms with Gasteiger partial charge in [-0.2, -0.15) is 13.2 Å². The number of ether oxygens (including phenoxy) is 1. The molecule has 0 radical (unpaired) electrons. The summed E-state index contributed by atoms with van der Waals surface area (Å²) in [5.41, 5.74) is -0.540. The lowest BCUT2D eigenvalue weighted by Crippen LogP contribution is -2.38. The molecule has 0 saturated heterocycles. The summed E-state index contributed by atoms with van der Waals surface area (Å²) in [5, 5.41) is 25.7. The quantitative estimate of drug-likeness (QED) is 0.548. The predicted molar refractivity (Wildman–Crippen MR) is 56.2 cm³/mol. The highest BCUT2D eigenvalue weighted by Crippen LogP contribution is 2.18. The zero-order valence-electron chi connectivity index (χ0n) is 8.68. The van der Waals surface area contributed by atoms with Crippen molar-refractivity contribution >= 4 is 5.78 Å². The Balaban J connectivity index is 0.00000324. The molecule has 0 fully saturated rings. The molecule has 0 aromatic carbocycles. The number of nitrogens with zero attached hydrogens (tertiary/aromatic N) is 1. The average Bonchev–Trinajstić information content (AvgIpc) is 2.24. The number of aromatic nitrogens is 1. The van der Waals surface area contributed by atoms with Gasteiger partial charge in [0, 0.05) is 0 Å². The van der Waals surface area contributed by atoms with Crippen LogP contribution in [0.1, 0.15) is 17.9 Å². The molecule has 0 bridgehead atoms. The van der Waals surface area contributed by atoms with Gasteiger partial charge in [0.1, 0.15) is 11.4 Å². The number of pyridine rings is 1. The van der Waals surface area contributed by atoms with Crippen molar-refractivity contribution < 1.29 is 38.0 Å². The summed E-state index contributed by atoms with van der Waals surface area (Å²) < 4.78 is 39.7. The van der Waals surface area contributed by atoms with E-state index in [1.807, 2.05) is 0 Å². The molecule has 108 valence electrons. The molecule has 0 saturated carbocycles. The van der Waals surface area contributed by atoms with Crippen molar-refractivity contribution in [2.24, 2.45) is 0 Å². The minimum Gasteiger partial charge on any atom is -0.483 e. The lowest BCUT2D eigenvalue weighted by atomic mass is 10.2. The Morgan fingerprint density at radius 1 is 1.26 bits per heavy atom. The molecule has 0 spiro atoms. The first-order valence-electron chi connectivity index (χ1n) is 4.47. The van der Waals surface area contributed by atoms with E-state index in [0.717, 1.165) is 18.3 Å². The number of hydrogen-bond acceptors (Lipinski definition) is 6. The standard InChI is InChI=1S/C9H8F3NO5.CH4/c10-8(11,12)4-18-5-1-2-6(13-3-5)7(14)9(15,16)17;/h1-3,15-17H,4H2;1H4. The molecule has 0 unspecified atom stereocenters. The Bertz CT molecular complexity index is 424. The summed E-state index contributed by atoms with van der Waals surface area (Å²) in [7, 11) is 0. The Labute approximate surface area is 106 Å². The van der Waals surface area contributed by atoms with Gasteiger partial charge in [0.15, 0.2) is 6.61 Å². The number of alkyl halides is 3. The molecular weight excluding hydrogens is 271 g/mol. The molecule has 0 amide bonds. The Morgan fingerprint density at radius 2 is 1.84 bits per heavy atom. The number of Topliss-reactive ketones (excluding diaryl/α,β-unsaturated/α-hetero) is 1. The second-order valence-corrected chi connectivity index (χ2v) is 3.25. The first-order valence-corrected chi connectivity index (χ1v) is 4.47. The van der Waals surface area contributed by atoms with Crippen LogP contribution in [0, 0.1) is 0 Å².